The highest BCUT2D eigenvalue weighted by Crippen LogP contribution is 2.30. The number of nitrogens with one attached hydrogen (secondary N) is 1. The van der Waals surface area contributed by atoms with Crippen molar-refractivity contribution in [1.29, 1.82) is 0 Å². The molecule has 2 amide bonds. The predicted octanol–water partition coefficient (Wildman–Crippen LogP) is 3.03. The van der Waals surface area contributed by atoms with Gasteiger partial charge in [0.1, 0.15) is 0 Å². The van der Waals surface area contributed by atoms with Crippen LogP contribution in [0.1, 0.15) is 23.4 Å². The molecule has 1 N–H and O–H groups in total. The smallest absolute Gasteiger partial charge is 0.409 e. The van der Waals surface area contributed by atoms with Crippen molar-refractivity contribution in [3.63, 3.8) is 0 Å². The molecule has 0 radical (unpaired) electrons. The standard InChI is InChI=1S/C21H26N4O5S3/c1-30-21(27)24-10-9-17-18(13-24)32-20(22-17)23-19(26)14-7-11-25(12-8-14)33(28,29)16-5-3-15(31-2)4-6-16/h3-6,14H,7-13H2,1-2H3,(H,22,23,26). The molecule has 2 aliphatic rings. The summed E-state index contributed by atoms with van der Waals surface area (Å²) in [5, 5.41) is 3.40. The minimum Gasteiger partial charge on any atom is -0.453 e. The Morgan fingerprint density at radius 1 is 1.18 bits per heavy atom. The van der Waals surface area contributed by atoms with Crippen LogP contribution in [0.5, 0.6) is 0 Å². The summed E-state index contributed by atoms with van der Waals surface area (Å²) in [4.78, 5) is 32.9. The Hall–Kier alpha value is -2.15. The number of rotatable bonds is 5. The van der Waals surface area contributed by atoms with Crippen LogP contribution in [0.4, 0.5) is 9.93 Å². The lowest BCUT2D eigenvalue weighted by Crippen LogP contribution is -2.41. The summed E-state index contributed by atoms with van der Waals surface area (Å²) in [5.41, 5.74) is 0.892. The molecule has 3 heterocycles. The fourth-order valence-corrected chi connectivity index (χ4v) is 6.90. The first-order chi connectivity index (χ1) is 15.8. The molecule has 1 aromatic heterocycles. The van der Waals surface area contributed by atoms with Crippen LogP contribution in [0.15, 0.2) is 34.1 Å². The van der Waals surface area contributed by atoms with Gasteiger partial charge in [-0.2, -0.15) is 4.31 Å². The van der Waals surface area contributed by atoms with Crippen molar-refractivity contribution in [2.45, 2.75) is 35.6 Å². The third-order valence-corrected chi connectivity index (χ3v) is 9.57. The summed E-state index contributed by atoms with van der Waals surface area (Å²) in [5.74, 6) is -0.421. The number of thioether (sulfide) groups is 1. The number of thiazole rings is 1. The topological polar surface area (TPSA) is 109 Å². The van der Waals surface area contributed by atoms with Crippen LogP contribution in [-0.4, -0.2) is 67.6 Å². The molecule has 0 saturated carbocycles. The molecule has 9 nitrogen and oxygen atoms in total. The lowest BCUT2D eigenvalue weighted by molar-refractivity contribution is -0.120. The Balaban J connectivity index is 1.34. The largest absolute Gasteiger partial charge is 0.453 e. The van der Waals surface area contributed by atoms with Crippen LogP contribution in [-0.2, 0) is 32.5 Å². The third kappa shape index (κ3) is 5.18. The number of fused-ring (bicyclic) bond motifs is 1. The number of sulfonamides is 1. The number of benzene rings is 1. The minimum absolute atomic E-state index is 0.146. The first kappa shape index (κ1) is 24.0. The molecule has 0 atom stereocenters. The van der Waals surface area contributed by atoms with Gasteiger partial charge < -0.3 is 15.0 Å². The summed E-state index contributed by atoms with van der Waals surface area (Å²) >= 11 is 2.92. The summed E-state index contributed by atoms with van der Waals surface area (Å²) in [6, 6.07) is 6.86. The molecule has 1 aromatic carbocycles. The number of carbonyl (C=O) groups excluding carboxylic acids is 2. The van der Waals surface area contributed by atoms with E-state index in [1.807, 2.05) is 6.26 Å². The number of hydrogen-bond donors (Lipinski definition) is 1. The van der Waals surface area contributed by atoms with Crippen LogP contribution < -0.4 is 5.32 Å². The van der Waals surface area contributed by atoms with E-state index in [-0.39, 0.29) is 22.8 Å². The molecule has 12 heteroatoms. The number of ether oxygens (including phenoxy) is 1. The first-order valence-electron chi connectivity index (χ1n) is 10.6. The third-order valence-electron chi connectivity index (χ3n) is 5.92. The lowest BCUT2D eigenvalue weighted by Gasteiger charge is -2.30. The molecule has 178 valence electrons. The quantitative estimate of drug-likeness (QED) is 0.616. The summed E-state index contributed by atoms with van der Waals surface area (Å²) in [7, 11) is -2.22. The second-order valence-electron chi connectivity index (χ2n) is 7.87. The van der Waals surface area contributed by atoms with Gasteiger partial charge in [0.05, 0.1) is 24.2 Å². The Labute approximate surface area is 201 Å². The van der Waals surface area contributed by atoms with Gasteiger partial charge in [0.25, 0.3) is 0 Å². The maximum atomic E-state index is 12.9. The van der Waals surface area contributed by atoms with Crippen molar-refractivity contribution in [2.24, 2.45) is 5.92 Å². The normalized spacial score (nSPS) is 17.5. The van der Waals surface area contributed by atoms with Gasteiger partial charge in [0, 0.05) is 41.7 Å². The fraction of sp³-hybridized carbons (Fsp3) is 0.476. The number of carbonyl (C=O) groups is 2. The molecule has 33 heavy (non-hydrogen) atoms. The van der Waals surface area contributed by atoms with E-state index in [0.29, 0.717) is 50.6 Å². The zero-order valence-electron chi connectivity index (χ0n) is 18.4. The van der Waals surface area contributed by atoms with E-state index in [0.717, 1.165) is 15.5 Å². The van der Waals surface area contributed by atoms with Crippen molar-refractivity contribution in [1.82, 2.24) is 14.2 Å². The number of amides is 2. The molecular formula is C21H26N4O5S3. The number of piperidine rings is 1. The lowest BCUT2D eigenvalue weighted by atomic mass is 9.97. The van der Waals surface area contributed by atoms with Crippen molar-refractivity contribution in [3.8, 4) is 0 Å². The Bertz CT molecular complexity index is 1130. The van der Waals surface area contributed by atoms with Crippen LogP contribution in [0, 0.1) is 5.92 Å². The van der Waals surface area contributed by atoms with Gasteiger partial charge in [0.15, 0.2) is 5.13 Å². The Kier molecular flexibility index (Phi) is 7.27. The van der Waals surface area contributed by atoms with Gasteiger partial charge in [0.2, 0.25) is 15.9 Å². The van der Waals surface area contributed by atoms with Crippen molar-refractivity contribution >= 4 is 50.3 Å². The fourth-order valence-electron chi connectivity index (χ4n) is 4.00. The van der Waals surface area contributed by atoms with Gasteiger partial charge in [-0.15, -0.1) is 11.8 Å². The van der Waals surface area contributed by atoms with E-state index in [2.05, 4.69) is 10.3 Å². The average molecular weight is 511 g/mol. The summed E-state index contributed by atoms with van der Waals surface area (Å²) in [6.45, 7) is 1.55. The highest BCUT2D eigenvalue weighted by Gasteiger charge is 2.33. The molecular weight excluding hydrogens is 484 g/mol. The number of hydrogen-bond acceptors (Lipinski definition) is 8. The van der Waals surface area contributed by atoms with E-state index in [4.69, 9.17) is 4.74 Å². The maximum Gasteiger partial charge on any atom is 0.409 e. The predicted molar refractivity (Wildman–Crippen MR) is 127 cm³/mol. The second-order valence-corrected chi connectivity index (χ2v) is 11.8. The molecule has 2 aliphatic heterocycles. The Morgan fingerprint density at radius 2 is 1.88 bits per heavy atom. The first-order valence-corrected chi connectivity index (χ1v) is 14.1. The van der Waals surface area contributed by atoms with E-state index in [1.165, 1.54) is 22.8 Å². The molecule has 1 fully saturated rings. The Morgan fingerprint density at radius 3 is 2.52 bits per heavy atom. The number of nitrogens with zero attached hydrogens (tertiary/aromatic N) is 3. The number of anilines is 1. The summed E-state index contributed by atoms with van der Waals surface area (Å²) < 4.78 is 32.1. The van der Waals surface area contributed by atoms with Gasteiger partial charge in [-0.05, 0) is 43.4 Å². The van der Waals surface area contributed by atoms with Gasteiger partial charge in [-0.25, -0.2) is 18.2 Å². The molecule has 0 aliphatic carbocycles. The molecule has 4 rings (SSSR count). The van der Waals surface area contributed by atoms with E-state index in [9.17, 15) is 18.0 Å². The SMILES string of the molecule is COC(=O)N1CCc2nc(NC(=O)C3CCN(S(=O)(=O)c4ccc(SC)cc4)CC3)sc2C1. The van der Waals surface area contributed by atoms with E-state index < -0.39 is 10.0 Å². The van der Waals surface area contributed by atoms with Crippen LogP contribution in [0.25, 0.3) is 0 Å². The maximum absolute atomic E-state index is 12.9. The van der Waals surface area contributed by atoms with Crippen molar-refractivity contribution in [3.05, 3.63) is 34.8 Å². The van der Waals surface area contributed by atoms with Crippen LogP contribution in [0.3, 0.4) is 0 Å². The monoisotopic (exact) mass is 510 g/mol. The molecule has 0 unspecified atom stereocenters. The molecule has 0 bridgehead atoms. The zero-order chi connectivity index (χ0) is 23.6. The van der Waals surface area contributed by atoms with Gasteiger partial charge in [-0.3, -0.25) is 4.79 Å². The zero-order valence-corrected chi connectivity index (χ0v) is 20.9. The highest BCUT2D eigenvalue weighted by atomic mass is 32.2. The van der Waals surface area contributed by atoms with E-state index >= 15 is 0 Å². The average Bonchev–Trinajstić information content (AvgIpc) is 3.25. The highest BCUT2D eigenvalue weighted by molar-refractivity contribution is 7.98. The molecule has 2 aromatic rings. The molecule has 0 spiro atoms. The van der Waals surface area contributed by atoms with Crippen molar-refractivity contribution < 1.29 is 22.7 Å². The number of aromatic nitrogens is 1. The van der Waals surface area contributed by atoms with E-state index in [1.54, 1.807) is 40.9 Å². The summed E-state index contributed by atoms with van der Waals surface area (Å²) in [6.07, 6.45) is 3.09. The van der Waals surface area contributed by atoms with Gasteiger partial charge in [-0.1, -0.05) is 11.3 Å². The second kappa shape index (κ2) is 10.00. The van der Waals surface area contributed by atoms with Crippen molar-refractivity contribution in [2.75, 3.05) is 38.3 Å². The van der Waals surface area contributed by atoms with Crippen LogP contribution >= 0.6 is 23.1 Å². The molecule has 1 saturated heterocycles. The van der Waals surface area contributed by atoms with Crippen LogP contribution in [0.2, 0.25) is 0 Å². The number of methoxy groups -OCH3 is 1. The van der Waals surface area contributed by atoms with Gasteiger partial charge >= 0.3 is 6.09 Å². The minimum atomic E-state index is -3.57.